The molecule has 37 heavy (non-hydrogen) atoms. The summed E-state index contributed by atoms with van der Waals surface area (Å²) in [5.41, 5.74) is 9.29. The first-order chi connectivity index (χ1) is 17.1. The zero-order valence-corrected chi connectivity index (χ0v) is 25.1. The summed E-state index contributed by atoms with van der Waals surface area (Å²) in [5, 5.41) is 0. The molecular formula is C33H29Cl2NZr-2. The van der Waals surface area contributed by atoms with Crippen LogP contribution in [-0.4, -0.2) is 17.3 Å². The molecule has 0 fully saturated rings. The number of benzene rings is 4. The van der Waals surface area contributed by atoms with Crippen LogP contribution in [0.4, 0.5) is 5.69 Å². The Morgan fingerprint density at radius 1 is 0.730 bits per heavy atom. The van der Waals surface area contributed by atoms with Gasteiger partial charge in [-0.25, -0.2) is 12.2 Å². The van der Waals surface area contributed by atoms with Gasteiger partial charge in [0.25, 0.3) is 0 Å². The summed E-state index contributed by atoms with van der Waals surface area (Å²) >= 11 is 1.46. The molecule has 0 spiro atoms. The number of hydrogen-bond donors (Lipinski definition) is 0. The molecule has 0 heterocycles. The minimum absolute atomic E-state index is 0. The summed E-state index contributed by atoms with van der Waals surface area (Å²) in [5.74, 6) is 0. The van der Waals surface area contributed by atoms with Crippen molar-refractivity contribution >= 4 is 8.89 Å². The summed E-state index contributed by atoms with van der Waals surface area (Å²) in [6.07, 6.45) is 11.0. The van der Waals surface area contributed by atoms with Crippen LogP contribution in [-0.2, 0) is 30.7 Å². The molecule has 1 nitrogen and oxygen atoms in total. The monoisotopic (exact) mass is 599 g/mol. The van der Waals surface area contributed by atoms with E-state index >= 15 is 0 Å². The van der Waals surface area contributed by atoms with Crippen molar-refractivity contribution in [2.24, 2.45) is 0 Å². The van der Waals surface area contributed by atoms with E-state index in [9.17, 15) is 0 Å². The Kier molecular flexibility index (Phi) is 13.0. The van der Waals surface area contributed by atoms with E-state index in [2.05, 4.69) is 134 Å². The molecule has 0 saturated heterocycles. The van der Waals surface area contributed by atoms with Crippen LogP contribution < -0.4 is 29.7 Å². The molecule has 2 aliphatic carbocycles. The van der Waals surface area contributed by atoms with Gasteiger partial charge in [0, 0.05) is 14.1 Å². The fraction of sp³-hybridized carbons (Fsp3) is 0.121. The van der Waals surface area contributed by atoms with Gasteiger partial charge in [0.2, 0.25) is 0 Å². The first-order valence-corrected chi connectivity index (χ1v) is 13.1. The zero-order chi connectivity index (χ0) is 24.5. The molecule has 186 valence electrons. The Morgan fingerprint density at radius 2 is 1.32 bits per heavy atom. The first-order valence-electron chi connectivity index (χ1n) is 11.9. The molecule has 0 N–H and O–H groups in total. The quantitative estimate of drug-likeness (QED) is 0.282. The third-order valence-electron chi connectivity index (χ3n) is 5.88. The number of rotatable bonds is 3. The van der Waals surface area contributed by atoms with E-state index in [1.54, 1.807) is 0 Å². The van der Waals surface area contributed by atoms with E-state index in [1.165, 1.54) is 60.8 Å². The molecule has 4 heteroatoms. The van der Waals surface area contributed by atoms with Gasteiger partial charge < -0.3 is 29.7 Å². The Morgan fingerprint density at radius 3 is 1.84 bits per heavy atom. The molecule has 0 saturated carbocycles. The Labute approximate surface area is 249 Å². The third kappa shape index (κ3) is 8.51. The second-order valence-electron chi connectivity index (χ2n) is 8.57. The summed E-state index contributed by atoms with van der Waals surface area (Å²) < 4.78 is 1.42. The standard InChI is InChI=1S/C15H14N.C13H10.C5H5.2ClH.Zr/c1-16(2)13-7-8-15-12(10-13)9-11-5-3-4-6-14(11)15;1-3-7-12(8-4-1)11-13-9-5-2-6-10-13;1-2-4-5-3-1;;;/h3-8H,9H2,1-2H3;1-10H;1-3H,4H2;2*1H;/q-1;;-1;;;+2/p-2. The number of hydrogen-bond acceptors (Lipinski definition) is 1. The molecular weight excluding hydrogens is 572 g/mol. The predicted octanol–water partition coefficient (Wildman–Crippen LogP) is 1.24. The van der Waals surface area contributed by atoms with Crippen LogP contribution in [0.2, 0.25) is 0 Å². The van der Waals surface area contributed by atoms with Crippen LogP contribution in [0.15, 0.2) is 115 Å². The van der Waals surface area contributed by atoms with Crippen LogP contribution >= 0.6 is 0 Å². The van der Waals surface area contributed by atoms with Crippen molar-refractivity contribution in [3.63, 3.8) is 0 Å². The Balaban J connectivity index is 0.000000211. The predicted molar refractivity (Wildman–Crippen MR) is 146 cm³/mol. The SMILES string of the molecule is CN(C)c1[c-]c2c(cc1)-c1ccccc1C2.[C-]1=CC=CC1.[Cl-].[Cl-].[Zr+2]=[C](c1ccccc1)c1ccccc1. The van der Waals surface area contributed by atoms with Crippen LogP contribution in [0, 0.1) is 12.1 Å². The van der Waals surface area contributed by atoms with Gasteiger partial charge in [-0.2, -0.15) is 18.2 Å². The molecule has 0 aliphatic heterocycles. The molecule has 0 aromatic heterocycles. The van der Waals surface area contributed by atoms with E-state index in [1.807, 2.05) is 12.2 Å². The fourth-order valence-electron chi connectivity index (χ4n) is 4.02. The second-order valence-corrected chi connectivity index (χ2v) is 9.80. The summed E-state index contributed by atoms with van der Waals surface area (Å²) in [4.78, 5) is 2.10. The van der Waals surface area contributed by atoms with Crippen LogP contribution in [0.3, 0.4) is 0 Å². The Bertz CT molecular complexity index is 1280. The maximum atomic E-state index is 3.50. The van der Waals surface area contributed by atoms with Gasteiger partial charge in [0.05, 0.1) is 0 Å². The molecule has 6 rings (SSSR count). The van der Waals surface area contributed by atoms with Gasteiger partial charge in [-0.1, -0.05) is 41.1 Å². The molecule has 4 aromatic carbocycles. The van der Waals surface area contributed by atoms with Crippen LogP contribution in [0.1, 0.15) is 28.7 Å². The van der Waals surface area contributed by atoms with Crippen molar-refractivity contribution in [3.05, 3.63) is 150 Å². The van der Waals surface area contributed by atoms with Gasteiger partial charge in [-0.05, 0) is 6.42 Å². The third-order valence-corrected chi connectivity index (χ3v) is 7.30. The first kappa shape index (κ1) is 30.7. The molecule has 0 bridgehead atoms. The fourth-order valence-corrected chi connectivity index (χ4v) is 4.84. The number of halogens is 2. The molecule has 0 amide bonds. The average molecular weight is 602 g/mol. The normalized spacial score (nSPS) is 11.4. The molecule has 4 aromatic rings. The van der Waals surface area contributed by atoms with Crippen LogP contribution in [0.25, 0.3) is 11.1 Å². The van der Waals surface area contributed by atoms with E-state index in [0.29, 0.717) is 0 Å². The van der Waals surface area contributed by atoms with E-state index in [0.717, 1.165) is 18.5 Å². The van der Waals surface area contributed by atoms with Gasteiger partial charge in [-0.3, -0.25) is 6.08 Å². The molecule has 0 radical (unpaired) electrons. The average Bonchev–Trinajstić information content (AvgIpc) is 3.61. The number of allylic oxidation sites excluding steroid dienone is 4. The molecule has 0 atom stereocenters. The van der Waals surface area contributed by atoms with Crippen molar-refractivity contribution < 1.29 is 49.0 Å². The minimum atomic E-state index is 0. The van der Waals surface area contributed by atoms with Crippen LogP contribution in [0.5, 0.6) is 0 Å². The van der Waals surface area contributed by atoms with Crippen molar-refractivity contribution in [2.45, 2.75) is 12.8 Å². The van der Waals surface area contributed by atoms with Gasteiger partial charge >= 0.3 is 99.2 Å². The molecule has 2 aliphatic rings. The van der Waals surface area contributed by atoms with Gasteiger partial charge in [0.1, 0.15) is 0 Å². The topological polar surface area (TPSA) is 3.24 Å². The summed E-state index contributed by atoms with van der Waals surface area (Å²) in [6.45, 7) is 0. The van der Waals surface area contributed by atoms with Gasteiger partial charge in [-0.15, -0.1) is 23.6 Å². The van der Waals surface area contributed by atoms with E-state index in [4.69, 9.17) is 0 Å². The number of nitrogens with zero attached hydrogens (tertiary/aromatic N) is 1. The van der Waals surface area contributed by atoms with E-state index < -0.39 is 0 Å². The second kappa shape index (κ2) is 15.7. The van der Waals surface area contributed by atoms with Gasteiger partial charge in [0.15, 0.2) is 0 Å². The Hall–Kier alpha value is -2.51. The molecule has 0 unspecified atom stereocenters. The summed E-state index contributed by atoms with van der Waals surface area (Å²) in [6, 6.07) is 37.6. The maximum absolute atomic E-state index is 3.50. The van der Waals surface area contributed by atoms with Crippen molar-refractivity contribution in [3.8, 4) is 11.1 Å². The number of anilines is 1. The van der Waals surface area contributed by atoms with Crippen molar-refractivity contribution in [2.75, 3.05) is 19.0 Å². The number of fused-ring (bicyclic) bond motifs is 3. The van der Waals surface area contributed by atoms with E-state index in [-0.39, 0.29) is 24.8 Å². The van der Waals surface area contributed by atoms with Crippen molar-refractivity contribution in [1.82, 2.24) is 0 Å². The summed E-state index contributed by atoms with van der Waals surface area (Å²) in [7, 11) is 4.11. The van der Waals surface area contributed by atoms with Crippen molar-refractivity contribution in [1.29, 1.82) is 0 Å². The zero-order valence-electron chi connectivity index (χ0n) is 21.1.